The van der Waals surface area contributed by atoms with Gasteiger partial charge in [-0.2, -0.15) is 18.3 Å². The second-order valence-corrected chi connectivity index (χ2v) is 10.9. The van der Waals surface area contributed by atoms with Crippen LogP contribution in [0.3, 0.4) is 0 Å². The van der Waals surface area contributed by atoms with Crippen molar-refractivity contribution in [3.8, 4) is 0 Å². The molecule has 0 aliphatic carbocycles. The molecule has 1 N–H and O–H groups in total. The van der Waals surface area contributed by atoms with Gasteiger partial charge >= 0.3 is 6.18 Å². The molecule has 0 bridgehead atoms. The number of carbonyl (C=O) groups excluding carboxylic acids is 1. The summed E-state index contributed by atoms with van der Waals surface area (Å²) >= 11 is 17.9. The zero-order valence-electron chi connectivity index (χ0n) is 18.8. The maximum atomic E-state index is 14.4. The number of hydrogen-bond donors (Lipinski definition) is 1. The lowest BCUT2D eigenvalue weighted by molar-refractivity contribution is -0.275. The molecular formula is C22H18Cl3F3N4O3S. The summed E-state index contributed by atoms with van der Waals surface area (Å²) in [5, 5.41) is 10.7. The number of alkyl halides is 3. The van der Waals surface area contributed by atoms with Crippen molar-refractivity contribution >= 4 is 68.1 Å². The fourth-order valence-electron chi connectivity index (χ4n) is 3.96. The lowest BCUT2D eigenvalue weighted by Crippen LogP contribution is -2.42. The van der Waals surface area contributed by atoms with Gasteiger partial charge in [0.2, 0.25) is 0 Å². The summed E-state index contributed by atoms with van der Waals surface area (Å²) in [4.78, 5) is 17.8. The number of nitrogens with one attached hydrogen (secondary N) is 1. The number of rotatable bonds is 6. The van der Waals surface area contributed by atoms with Crippen molar-refractivity contribution in [1.29, 1.82) is 0 Å². The molecule has 1 aromatic heterocycles. The highest BCUT2D eigenvalue weighted by molar-refractivity contribution is 7.84. The molecule has 0 saturated carbocycles. The van der Waals surface area contributed by atoms with Crippen molar-refractivity contribution in [2.24, 2.45) is 12.2 Å². The number of aryl methyl sites for hydroxylation is 1. The summed E-state index contributed by atoms with van der Waals surface area (Å²) < 4.78 is 56.0. The molecule has 36 heavy (non-hydrogen) atoms. The number of benzene rings is 2. The van der Waals surface area contributed by atoms with Gasteiger partial charge in [-0.25, -0.2) is 0 Å². The van der Waals surface area contributed by atoms with Crippen LogP contribution in [-0.2, 0) is 28.3 Å². The van der Waals surface area contributed by atoms with E-state index in [1.807, 2.05) is 0 Å². The van der Waals surface area contributed by atoms with Crippen molar-refractivity contribution in [1.82, 2.24) is 15.1 Å². The Morgan fingerprint density at radius 2 is 1.92 bits per heavy atom. The van der Waals surface area contributed by atoms with Gasteiger partial charge in [-0.15, -0.1) is 0 Å². The minimum atomic E-state index is -4.89. The van der Waals surface area contributed by atoms with Gasteiger partial charge in [0.05, 0.1) is 44.5 Å². The van der Waals surface area contributed by atoms with E-state index >= 15 is 0 Å². The van der Waals surface area contributed by atoms with Crippen LogP contribution in [0.1, 0.15) is 27.9 Å². The average molecular weight is 582 g/mol. The van der Waals surface area contributed by atoms with E-state index in [0.29, 0.717) is 16.5 Å². The highest BCUT2D eigenvalue weighted by Crippen LogP contribution is 2.51. The molecule has 2 unspecified atom stereocenters. The first kappa shape index (κ1) is 26.7. The van der Waals surface area contributed by atoms with Gasteiger partial charge in [0, 0.05) is 52.9 Å². The summed E-state index contributed by atoms with van der Waals surface area (Å²) in [7, 11) is 0.518. The van der Waals surface area contributed by atoms with Crippen LogP contribution in [0.15, 0.2) is 35.6 Å². The smallest absolute Gasteiger partial charge is 0.374 e. The van der Waals surface area contributed by atoms with Crippen LogP contribution in [0.25, 0.3) is 10.9 Å². The fraction of sp³-hybridized carbons (Fsp3) is 0.318. The molecule has 1 amide bonds. The molecule has 2 atom stereocenters. The number of oxime groups is 1. The molecular weight excluding hydrogens is 564 g/mol. The molecule has 4 rings (SSSR count). The zero-order valence-corrected chi connectivity index (χ0v) is 21.8. The Kier molecular flexibility index (Phi) is 7.31. The molecule has 0 spiro atoms. The van der Waals surface area contributed by atoms with Crippen molar-refractivity contribution in [2.45, 2.75) is 18.2 Å². The fourth-order valence-corrected chi connectivity index (χ4v) is 4.95. The minimum absolute atomic E-state index is 0.00328. The first-order valence-electron chi connectivity index (χ1n) is 10.4. The van der Waals surface area contributed by atoms with E-state index in [2.05, 4.69) is 15.6 Å². The second kappa shape index (κ2) is 9.85. The number of nitrogens with zero attached hydrogens (tertiary/aromatic N) is 3. The van der Waals surface area contributed by atoms with Crippen molar-refractivity contribution in [2.75, 3.05) is 18.6 Å². The van der Waals surface area contributed by atoms with Crippen LogP contribution in [0.2, 0.25) is 15.1 Å². The summed E-state index contributed by atoms with van der Waals surface area (Å²) in [6, 6.07) is 5.08. The SMILES string of the molecule is Cn1ncc2c(C(=O)NCCS(C)=O)ccc(C3=NOC(c4cc(Cl)c(Cl)c(Cl)c4)(C(F)(F)F)C3)c21. The maximum Gasteiger partial charge on any atom is 0.435 e. The Morgan fingerprint density at radius 1 is 1.25 bits per heavy atom. The Morgan fingerprint density at radius 3 is 2.53 bits per heavy atom. The van der Waals surface area contributed by atoms with Gasteiger partial charge in [0.1, 0.15) is 0 Å². The third kappa shape index (κ3) is 4.69. The van der Waals surface area contributed by atoms with Gasteiger partial charge in [0.15, 0.2) is 0 Å². The molecule has 1 aliphatic rings. The molecule has 3 aromatic rings. The average Bonchev–Trinajstić information content (AvgIpc) is 3.42. The second-order valence-electron chi connectivity index (χ2n) is 8.11. The molecule has 2 aromatic carbocycles. The van der Waals surface area contributed by atoms with E-state index in [4.69, 9.17) is 39.6 Å². The lowest BCUT2D eigenvalue weighted by atomic mass is 9.86. The monoisotopic (exact) mass is 580 g/mol. The zero-order chi connectivity index (χ0) is 26.4. The van der Waals surface area contributed by atoms with Crippen molar-refractivity contribution in [3.63, 3.8) is 0 Å². The van der Waals surface area contributed by atoms with E-state index in [9.17, 15) is 22.2 Å². The number of amides is 1. The van der Waals surface area contributed by atoms with Gasteiger partial charge in [0.25, 0.3) is 11.5 Å². The first-order valence-corrected chi connectivity index (χ1v) is 13.2. The third-order valence-electron chi connectivity index (χ3n) is 5.77. The van der Waals surface area contributed by atoms with Gasteiger partial charge in [-0.1, -0.05) is 46.0 Å². The highest BCUT2D eigenvalue weighted by atomic mass is 35.5. The number of carbonyl (C=O) groups is 1. The quantitative estimate of drug-likeness (QED) is 0.405. The standard InChI is InChI=1S/C22H18Cl3F3N4O3S/c1-32-19-13(4-3-12(14(19)10-30-32)20(33)29-5-6-36(2)34)17-9-21(35-31-17,22(26,27)28)11-7-15(23)18(25)16(24)8-11/h3-4,7-8,10H,5-6,9H2,1-2H3,(H,29,33). The predicted molar refractivity (Wildman–Crippen MR) is 133 cm³/mol. The molecule has 0 radical (unpaired) electrons. The van der Waals surface area contributed by atoms with Crippen LogP contribution < -0.4 is 5.32 Å². The van der Waals surface area contributed by atoms with E-state index in [0.717, 1.165) is 12.1 Å². The molecule has 0 saturated heterocycles. The highest BCUT2D eigenvalue weighted by Gasteiger charge is 2.62. The summed E-state index contributed by atoms with van der Waals surface area (Å²) in [6.07, 6.45) is -2.60. The van der Waals surface area contributed by atoms with E-state index < -0.39 is 34.9 Å². The largest absolute Gasteiger partial charge is 0.435 e. The van der Waals surface area contributed by atoms with Crippen LogP contribution in [0, 0.1) is 0 Å². The number of halogens is 6. The molecule has 2 heterocycles. The van der Waals surface area contributed by atoms with E-state index in [-0.39, 0.29) is 44.2 Å². The van der Waals surface area contributed by atoms with Gasteiger partial charge in [-0.3, -0.25) is 13.7 Å². The summed E-state index contributed by atoms with van der Waals surface area (Å²) in [5.74, 6) is -0.142. The van der Waals surface area contributed by atoms with Gasteiger partial charge in [-0.05, 0) is 18.2 Å². The third-order valence-corrected chi connectivity index (χ3v) is 7.74. The van der Waals surface area contributed by atoms with Crippen molar-refractivity contribution < 1.29 is 27.0 Å². The molecule has 192 valence electrons. The summed E-state index contributed by atoms with van der Waals surface area (Å²) in [6.45, 7) is 0.201. The molecule has 7 nitrogen and oxygen atoms in total. The van der Waals surface area contributed by atoms with Crippen LogP contribution in [0.4, 0.5) is 13.2 Å². The van der Waals surface area contributed by atoms with Crippen LogP contribution in [-0.4, -0.2) is 50.3 Å². The minimum Gasteiger partial charge on any atom is -0.374 e. The number of aromatic nitrogens is 2. The Labute approximate surface area is 221 Å². The first-order chi connectivity index (χ1) is 16.9. The topological polar surface area (TPSA) is 85.6 Å². The lowest BCUT2D eigenvalue weighted by Gasteiger charge is -2.30. The predicted octanol–water partition coefficient (Wildman–Crippen LogP) is 5.22. The van der Waals surface area contributed by atoms with E-state index in [1.54, 1.807) is 7.05 Å². The van der Waals surface area contributed by atoms with E-state index in [1.165, 1.54) is 29.3 Å². The number of hydrogen-bond acceptors (Lipinski definition) is 5. The number of fused-ring (bicyclic) bond motifs is 1. The maximum absolute atomic E-state index is 14.4. The molecule has 14 heteroatoms. The molecule has 0 fully saturated rings. The summed E-state index contributed by atoms with van der Waals surface area (Å²) in [5.41, 5.74) is -2.23. The van der Waals surface area contributed by atoms with Crippen LogP contribution >= 0.6 is 34.8 Å². The van der Waals surface area contributed by atoms with Crippen molar-refractivity contribution in [3.05, 3.63) is 62.2 Å². The Bertz CT molecular complexity index is 1400. The van der Waals surface area contributed by atoms with Gasteiger partial charge < -0.3 is 10.2 Å². The Hall–Kier alpha value is -2.34. The molecule has 1 aliphatic heterocycles. The normalized spacial score (nSPS) is 18.7. The van der Waals surface area contributed by atoms with Crippen LogP contribution in [0.5, 0.6) is 0 Å². The Balaban J connectivity index is 1.74.